The Hall–Kier alpha value is -1.69. The molecule has 0 aromatic carbocycles. The monoisotopic (exact) mass is 276 g/mol. The van der Waals surface area contributed by atoms with Crippen molar-refractivity contribution in [1.82, 2.24) is 19.7 Å². The molecule has 1 unspecified atom stereocenters. The average Bonchev–Trinajstić information content (AvgIpc) is 3.11. The predicted octanol–water partition coefficient (Wildman–Crippen LogP) is 2.03. The molecule has 2 aromatic heterocycles. The number of hydrogen-bond donors (Lipinski definition) is 0. The topological polar surface area (TPSA) is 51.0 Å². The van der Waals surface area contributed by atoms with Crippen molar-refractivity contribution in [3.05, 3.63) is 35.0 Å². The molecule has 5 nitrogen and oxygen atoms in total. The zero-order valence-electron chi connectivity index (χ0n) is 10.6. The number of likely N-dealkylation sites (tertiary alicyclic amines) is 1. The second kappa shape index (κ2) is 5.52. The number of rotatable bonds is 3. The Balaban J connectivity index is 1.75. The van der Waals surface area contributed by atoms with E-state index in [1.54, 1.807) is 11.7 Å². The summed E-state index contributed by atoms with van der Waals surface area (Å²) in [6.45, 7) is 1.59. The first kappa shape index (κ1) is 12.3. The lowest BCUT2D eigenvalue weighted by Crippen LogP contribution is -2.46. The Morgan fingerprint density at radius 2 is 2.42 bits per heavy atom. The Morgan fingerprint density at radius 3 is 3.16 bits per heavy atom. The van der Waals surface area contributed by atoms with E-state index < -0.39 is 0 Å². The first-order chi connectivity index (χ1) is 9.34. The standard InChI is InChI=1S/C13H16N4OS/c18-13(12-9-19-10-14-12)17-7-2-1-4-11(17)8-16-6-3-5-15-16/h3,5-6,9-11H,1-2,4,7-8H2. The van der Waals surface area contributed by atoms with Crippen molar-refractivity contribution in [2.75, 3.05) is 6.54 Å². The van der Waals surface area contributed by atoms with Gasteiger partial charge in [0.1, 0.15) is 5.69 Å². The summed E-state index contributed by atoms with van der Waals surface area (Å²) in [6, 6.07) is 2.14. The van der Waals surface area contributed by atoms with Crippen molar-refractivity contribution < 1.29 is 4.79 Å². The van der Waals surface area contributed by atoms with Gasteiger partial charge in [-0.1, -0.05) is 0 Å². The number of aromatic nitrogens is 3. The summed E-state index contributed by atoms with van der Waals surface area (Å²) >= 11 is 1.46. The molecule has 1 saturated heterocycles. The zero-order valence-corrected chi connectivity index (χ0v) is 11.4. The fraction of sp³-hybridized carbons (Fsp3) is 0.462. The van der Waals surface area contributed by atoms with Crippen LogP contribution in [0.4, 0.5) is 0 Å². The second-order valence-corrected chi connectivity index (χ2v) is 5.47. The van der Waals surface area contributed by atoms with Crippen molar-refractivity contribution in [1.29, 1.82) is 0 Å². The van der Waals surface area contributed by atoms with Gasteiger partial charge in [0, 0.05) is 24.3 Å². The lowest BCUT2D eigenvalue weighted by molar-refractivity contribution is 0.0578. The molecular weight excluding hydrogens is 260 g/mol. The molecule has 0 spiro atoms. The van der Waals surface area contributed by atoms with E-state index in [4.69, 9.17) is 0 Å². The van der Waals surface area contributed by atoms with Crippen LogP contribution in [0.2, 0.25) is 0 Å². The minimum atomic E-state index is 0.0538. The summed E-state index contributed by atoms with van der Waals surface area (Å²) in [4.78, 5) is 18.5. The van der Waals surface area contributed by atoms with Gasteiger partial charge in [-0.05, 0) is 25.3 Å². The predicted molar refractivity (Wildman–Crippen MR) is 73.0 cm³/mol. The Morgan fingerprint density at radius 1 is 1.47 bits per heavy atom. The van der Waals surface area contributed by atoms with Crippen LogP contribution in [0, 0.1) is 0 Å². The molecule has 1 atom stereocenters. The SMILES string of the molecule is O=C(c1cscn1)N1CCCCC1Cn1cccn1. The van der Waals surface area contributed by atoms with Crippen molar-refractivity contribution >= 4 is 17.2 Å². The molecule has 19 heavy (non-hydrogen) atoms. The smallest absolute Gasteiger partial charge is 0.273 e. The average molecular weight is 276 g/mol. The summed E-state index contributed by atoms with van der Waals surface area (Å²) in [5.74, 6) is 0.0538. The van der Waals surface area contributed by atoms with Gasteiger partial charge in [0.25, 0.3) is 5.91 Å². The van der Waals surface area contributed by atoms with E-state index in [9.17, 15) is 4.79 Å². The molecule has 0 aliphatic carbocycles. The maximum atomic E-state index is 12.4. The highest BCUT2D eigenvalue weighted by molar-refractivity contribution is 7.07. The fourth-order valence-electron chi connectivity index (χ4n) is 2.55. The van der Waals surface area contributed by atoms with E-state index in [1.165, 1.54) is 17.8 Å². The number of nitrogens with zero attached hydrogens (tertiary/aromatic N) is 4. The molecule has 0 saturated carbocycles. The van der Waals surface area contributed by atoms with Gasteiger partial charge in [0.05, 0.1) is 18.1 Å². The van der Waals surface area contributed by atoms with E-state index in [1.807, 2.05) is 27.2 Å². The number of carbonyl (C=O) groups is 1. The molecule has 3 heterocycles. The van der Waals surface area contributed by atoms with Crippen molar-refractivity contribution in [2.45, 2.75) is 31.8 Å². The number of amides is 1. The number of thiazole rings is 1. The molecule has 0 N–H and O–H groups in total. The van der Waals surface area contributed by atoms with E-state index >= 15 is 0 Å². The van der Waals surface area contributed by atoms with Crippen LogP contribution in [-0.2, 0) is 6.54 Å². The molecule has 3 rings (SSSR count). The third-order valence-electron chi connectivity index (χ3n) is 3.50. The molecule has 6 heteroatoms. The highest BCUT2D eigenvalue weighted by Gasteiger charge is 2.28. The molecule has 1 aliphatic heterocycles. The first-order valence-electron chi connectivity index (χ1n) is 6.51. The van der Waals surface area contributed by atoms with Crippen LogP contribution in [0.3, 0.4) is 0 Å². The largest absolute Gasteiger partial charge is 0.332 e. The lowest BCUT2D eigenvalue weighted by atomic mass is 10.0. The molecular formula is C13H16N4OS. The Bertz CT molecular complexity index is 523. The summed E-state index contributed by atoms with van der Waals surface area (Å²) in [5.41, 5.74) is 2.28. The van der Waals surface area contributed by atoms with Crippen LogP contribution in [-0.4, -0.2) is 38.2 Å². The second-order valence-electron chi connectivity index (χ2n) is 4.75. The van der Waals surface area contributed by atoms with Crippen LogP contribution in [0.1, 0.15) is 29.8 Å². The van der Waals surface area contributed by atoms with Gasteiger partial charge in [-0.25, -0.2) is 4.98 Å². The van der Waals surface area contributed by atoms with Crippen molar-refractivity contribution in [2.24, 2.45) is 0 Å². The Labute approximate surface area is 115 Å². The van der Waals surface area contributed by atoms with Gasteiger partial charge in [-0.15, -0.1) is 11.3 Å². The van der Waals surface area contributed by atoms with Gasteiger partial charge < -0.3 is 4.90 Å². The number of carbonyl (C=O) groups excluding carboxylic acids is 1. The zero-order chi connectivity index (χ0) is 13.1. The van der Waals surface area contributed by atoms with E-state index in [2.05, 4.69) is 10.1 Å². The van der Waals surface area contributed by atoms with Crippen molar-refractivity contribution in [3.63, 3.8) is 0 Å². The molecule has 1 fully saturated rings. The molecule has 2 aromatic rings. The number of hydrogen-bond acceptors (Lipinski definition) is 4. The molecule has 0 bridgehead atoms. The third kappa shape index (κ3) is 2.68. The van der Waals surface area contributed by atoms with E-state index in [0.717, 1.165) is 25.9 Å². The van der Waals surface area contributed by atoms with Crippen LogP contribution >= 0.6 is 11.3 Å². The van der Waals surface area contributed by atoms with Gasteiger partial charge in [-0.2, -0.15) is 5.10 Å². The summed E-state index contributed by atoms with van der Waals surface area (Å²) in [6.07, 6.45) is 7.00. The lowest BCUT2D eigenvalue weighted by Gasteiger charge is -2.35. The molecule has 100 valence electrons. The van der Waals surface area contributed by atoms with Crippen LogP contribution in [0.15, 0.2) is 29.4 Å². The molecule has 1 aliphatic rings. The maximum Gasteiger partial charge on any atom is 0.273 e. The normalized spacial score (nSPS) is 19.6. The van der Waals surface area contributed by atoms with Crippen molar-refractivity contribution in [3.8, 4) is 0 Å². The van der Waals surface area contributed by atoms with Crippen LogP contribution in [0.25, 0.3) is 0 Å². The number of piperidine rings is 1. The van der Waals surface area contributed by atoms with Gasteiger partial charge >= 0.3 is 0 Å². The van der Waals surface area contributed by atoms with Crippen LogP contribution < -0.4 is 0 Å². The summed E-state index contributed by atoms with van der Waals surface area (Å²) < 4.78 is 1.90. The minimum Gasteiger partial charge on any atom is -0.332 e. The maximum absolute atomic E-state index is 12.4. The summed E-state index contributed by atoms with van der Waals surface area (Å²) in [5, 5.41) is 6.05. The van der Waals surface area contributed by atoms with Gasteiger partial charge in [0.15, 0.2) is 0 Å². The highest BCUT2D eigenvalue weighted by Crippen LogP contribution is 2.21. The van der Waals surface area contributed by atoms with Gasteiger partial charge in [-0.3, -0.25) is 9.48 Å². The van der Waals surface area contributed by atoms with Crippen LogP contribution in [0.5, 0.6) is 0 Å². The van der Waals surface area contributed by atoms with Gasteiger partial charge in [0.2, 0.25) is 0 Å². The summed E-state index contributed by atoms with van der Waals surface area (Å²) in [7, 11) is 0. The quantitative estimate of drug-likeness (QED) is 0.862. The fourth-order valence-corrected chi connectivity index (χ4v) is 3.07. The van der Waals surface area contributed by atoms with E-state index in [-0.39, 0.29) is 11.9 Å². The first-order valence-corrected chi connectivity index (χ1v) is 7.45. The highest BCUT2D eigenvalue weighted by atomic mass is 32.1. The third-order valence-corrected chi connectivity index (χ3v) is 4.08. The minimum absolute atomic E-state index is 0.0538. The molecule has 1 amide bonds. The Kier molecular flexibility index (Phi) is 3.59. The van der Waals surface area contributed by atoms with E-state index in [0.29, 0.717) is 5.69 Å². The molecule has 0 radical (unpaired) electrons.